The lowest BCUT2D eigenvalue weighted by molar-refractivity contribution is -0.181. The Balaban J connectivity index is 1.79. The first-order valence-electron chi connectivity index (χ1n) is 9.76. The van der Waals surface area contributed by atoms with Crippen molar-refractivity contribution in [2.45, 2.75) is 51.5 Å². The summed E-state index contributed by atoms with van der Waals surface area (Å²) in [5.74, 6) is -0.272. The van der Waals surface area contributed by atoms with Crippen molar-refractivity contribution in [3.05, 3.63) is 71.8 Å². The number of carbonyl (C=O) groups excluding carboxylic acids is 1. The Hall–Kier alpha value is -2.17. The van der Waals surface area contributed by atoms with Crippen LogP contribution >= 0.6 is 0 Å². The summed E-state index contributed by atoms with van der Waals surface area (Å²) in [4.78, 5) is 15.3. The summed E-state index contributed by atoms with van der Waals surface area (Å²) >= 11 is 0. The molecule has 144 valence electrons. The van der Waals surface area contributed by atoms with Crippen LogP contribution in [0, 0.1) is 0 Å². The maximum Gasteiger partial charge on any atom is 0.339 e. The van der Waals surface area contributed by atoms with Crippen LogP contribution in [0.5, 0.6) is 0 Å². The van der Waals surface area contributed by atoms with E-state index in [1.54, 1.807) is 0 Å². The van der Waals surface area contributed by atoms with Gasteiger partial charge < -0.3 is 9.47 Å². The summed E-state index contributed by atoms with van der Waals surface area (Å²) in [6.45, 7) is 6.26. The fraction of sp³-hybridized carbons (Fsp3) is 0.435. The van der Waals surface area contributed by atoms with Gasteiger partial charge in [-0.25, -0.2) is 4.79 Å². The van der Waals surface area contributed by atoms with Gasteiger partial charge in [0, 0.05) is 12.6 Å². The molecule has 2 aromatic rings. The van der Waals surface area contributed by atoms with Gasteiger partial charge in [-0.3, -0.25) is 4.90 Å². The molecule has 0 N–H and O–H groups in total. The van der Waals surface area contributed by atoms with Crippen LogP contribution in [-0.4, -0.2) is 35.7 Å². The van der Waals surface area contributed by atoms with Crippen molar-refractivity contribution < 1.29 is 14.3 Å². The van der Waals surface area contributed by atoms with Crippen LogP contribution in [0.25, 0.3) is 0 Å². The minimum absolute atomic E-state index is 0.000434. The Kier molecular flexibility index (Phi) is 6.64. The minimum Gasteiger partial charge on any atom is -0.464 e. The number of nitrogens with zero attached hydrogens (tertiary/aromatic N) is 1. The molecule has 0 aromatic heterocycles. The van der Waals surface area contributed by atoms with Gasteiger partial charge in [0.15, 0.2) is 5.60 Å². The lowest BCUT2D eigenvalue weighted by Gasteiger charge is -2.38. The van der Waals surface area contributed by atoms with E-state index in [9.17, 15) is 4.79 Å². The molecule has 0 radical (unpaired) electrons. The average molecular weight is 367 g/mol. The molecule has 0 aliphatic carbocycles. The van der Waals surface area contributed by atoms with E-state index in [-0.39, 0.29) is 12.0 Å². The number of rotatable bonds is 8. The van der Waals surface area contributed by atoms with E-state index in [4.69, 9.17) is 9.47 Å². The molecule has 2 aromatic carbocycles. The first kappa shape index (κ1) is 19.6. The summed E-state index contributed by atoms with van der Waals surface area (Å²) in [5.41, 5.74) is 1.32. The number of benzene rings is 2. The molecule has 1 heterocycles. The van der Waals surface area contributed by atoms with Crippen LogP contribution < -0.4 is 0 Å². The zero-order valence-corrected chi connectivity index (χ0v) is 16.3. The van der Waals surface area contributed by atoms with E-state index in [1.165, 1.54) is 5.56 Å². The summed E-state index contributed by atoms with van der Waals surface area (Å²) in [6, 6.07) is 20.4. The number of carbonyl (C=O) groups is 1. The Morgan fingerprint density at radius 3 is 2.33 bits per heavy atom. The molecule has 1 saturated heterocycles. The van der Waals surface area contributed by atoms with Crippen molar-refractivity contribution in [1.82, 2.24) is 4.90 Å². The number of hydrogen-bond acceptors (Lipinski definition) is 4. The molecule has 0 saturated carbocycles. The van der Waals surface area contributed by atoms with E-state index in [0.29, 0.717) is 13.2 Å². The van der Waals surface area contributed by atoms with Crippen LogP contribution in [0.4, 0.5) is 0 Å². The van der Waals surface area contributed by atoms with E-state index in [1.807, 2.05) is 50.2 Å². The van der Waals surface area contributed by atoms with Gasteiger partial charge >= 0.3 is 5.97 Å². The molecular weight excluding hydrogens is 338 g/mol. The van der Waals surface area contributed by atoms with Gasteiger partial charge in [0.1, 0.15) is 0 Å². The predicted molar refractivity (Wildman–Crippen MR) is 106 cm³/mol. The topological polar surface area (TPSA) is 38.8 Å². The molecule has 4 nitrogen and oxygen atoms in total. The van der Waals surface area contributed by atoms with Crippen molar-refractivity contribution in [2.24, 2.45) is 0 Å². The van der Waals surface area contributed by atoms with Crippen molar-refractivity contribution in [1.29, 1.82) is 0 Å². The SMILES string of the molecule is CCOC(=O)[C@](C)(OCc1ccccc1)[C@@H]1CCCN1Cc1ccccc1. The highest BCUT2D eigenvalue weighted by Crippen LogP contribution is 2.33. The highest BCUT2D eigenvalue weighted by Gasteiger charge is 2.48. The maximum absolute atomic E-state index is 12.9. The fourth-order valence-corrected chi connectivity index (χ4v) is 3.83. The minimum atomic E-state index is -0.989. The second kappa shape index (κ2) is 9.16. The first-order chi connectivity index (χ1) is 13.1. The number of hydrogen-bond donors (Lipinski definition) is 0. The Labute approximate surface area is 162 Å². The maximum atomic E-state index is 12.9. The van der Waals surface area contributed by atoms with Gasteiger partial charge in [-0.1, -0.05) is 60.7 Å². The molecule has 27 heavy (non-hydrogen) atoms. The number of likely N-dealkylation sites (tertiary alicyclic amines) is 1. The standard InChI is InChI=1S/C23H29NO3/c1-3-26-22(25)23(2,27-18-20-13-8-5-9-14-20)21-15-10-16-24(21)17-19-11-6-4-7-12-19/h4-9,11-14,21H,3,10,15-18H2,1-2H3/t21-,23+/m0/s1. The third-order valence-electron chi connectivity index (χ3n) is 5.29. The smallest absolute Gasteiger partial charge is 0.339 e. The number of ether oxygens (including phenoxy) is 2. The summed E-state index contributed by atoms with van der Waals surface area (Å²) < 4.78 is 11.7. The van der Waals surface area contributed by atoms with E-state index >= 15 is 0 Å². The van der Waals surface area contributed by atoms with Crippen molar-refractivity contribution >= 4 is 5.97 Å². The van der Waals surface area contributed by atoms with Gasteiger partial charge in [0.2, 0.25) is 0 Å². The zero-order chi connectivity index (χ0) is 19.1. The highest BCUT2D eigenvalue weighted by molar-refractivity contribution is 5.80. The van der Waals surface area contributed by atoms with Gasteiger partial charge in [0.25, 0.3) is 0 Å². The molecule has 3 rings (SSSR count). The first-order valence-corrected chi connectivity index (χ1v) is 9.76. The third kappa shape index (κ3) is 4.76. The van der Waals surface area contributed by atoms with Crippen LogP contribution in [0.3, 0.4) is 0 Å². The fourth-order valence-electron chi connectivity index (χ4n) is 3.83. The van der Waals surface area contributed by atoms with Crippen LogP contribution in [0.15, 0.2) is 60.7 Å². The lowest BCUT2D eigenvalue weighted by atomic mass is 9.93. The molecule has 0 spiro atoms. The summed E-state index contributed by atoms with van der Waals surface area (Å²) in [5, 5.41) is 0. The average Bonchev–Trinajstić information content (AvgIpc) is 3.16. The molecule has 0 bridgehead atoms. The molecule has 1 aliphatic heterocycles. The van der Waals surface area contributed by atoms with Gasteiger partial charge in [-0.05, 0) is 44.4 Å². The predicted octanol–water partition coefficient (Wildman–Crippen LogP) is 4.19. The van der Waals surface area contributed by atoms with E-state index in [2.05, 4.69) is 29.2 Å². The molecule has 0 unspecified atom stereocenters. The molecule has 0 amide bonds. The Bertz CT molecular complexity index is 719. The molecule has 4 heteroatoms. The summed E-state index contributed by atoms with van der Waals surface area (Å²) in [6.07, 6.45) is 1.98. The second-order valence-corrected chi connectivity index (χ2v) is 7.22. The highest BCUT2D eigenvalue weighted by atomic mass is 16.6. The van der Waals surface area contributed by atoms with Crippen LogP contribution in [0.2, 0.25) is 0 Å². The zero-order valence-electron chi connectivity index (χ0n) is 16.3. The lowest BCUT2D eigenvalue weighted by Crippen LogP contribution is -2.55. The molecule has 1 fully saturated rings. The number of esters is 1. The molecule has 1 aliphatic rings. The van der Waals surface area contributed by atoms with E-state index in [0.717, 1.165) is 31.5 Å². The van der Waals surface area contributed by atoms with Crippen LogP contribution in [-0.2, 0) is 27.4 Å². The van der Waals surface area contributed by atoms with Crippen LogP contribution in [0.1, 0.15) is 37.8 Å². The van der Waals surface area contributed by atoms with Gasteiger partial charge in [-0.2, -0.15) is 0 Å². The van der Waals surface area contributed by atoms with Gasteiger partial charge in [0.05, 0.1) is 13.2 Å². The Morgan fingerprint density at radius 2 is 1.70 bits per heavy atom. The third-order valence-corrected chi connectivity index (χ3v) is 5.29. The van der Waals surface area contributed by atoms with Crippen molar-refractivity contribution in [2.75, 3.05) is 13.2 Å². The largest absolute Gasteiger partial charge is 0.464 e. The second-order valence-electron chi connectivity index (χ2n) is 7.22. The normalized spacial score (nSPS) is 19.6. The molecule has 2 atom stereocenters. The van der Waals surface area contributed by atoms with Crippen molar-refractivity contribution in [3.63, 3.8) is 0 Å². The van der Waals surface area contributed by atoms with Gasteiger partial charge in [-0.15, -0.1) is 0 Å². The monoisotopic (exact) mass is 367 g/mol. The summed E-state index contributed by atoms with van der Waals surface area (Å²) in [7, 11) is 0. The molecular formula is C23H29NO3. The quantitative estimate of drug-likeness (QED) is 0.656. The van der Waals surface area contributed by atoms with E-state index < -0.39 is 5.60 Å². The Morgan fingerprint density at radius 1 is 1.07 bits per heavy atom. The van der Waals surface area contributed by atoms with Crippen molar-refractivity contribution in [3.8, 4) is 0 Å².